The van der Waals surface area contributed by atoms with Gasteiger partial charge in [-0.3, -0.25) is 9.69 Å². The van der Waals surface area contributed by atoms with Crippen molar-refractivity contribution >= 4 is 11.9 Å². The van der Waals surface area contributed by atoms with Gasteiger partial charge in [-0.1, -0.05) is 13.0 Å². The van der Waals surface area contributed by atoms with E-state index in [1.165, 1.54) is 5.56 Å². The van der Waals surface area contributed by atoms with E-state index in [1.54, 1.807) is 12.1 Å². The Hall–Kier alpha value is -1.88. The first-order valence-corrected chi connectivity index (χ1v) is 6.94. The number of carbonyl (C=O) groups is 2. The van der Waals surface area contributed by atoms with Gasteiger partial charge in [-0.25, -0.2) is 4.79 Å². The molecule has 5 heteroatoms. The van der Waals surface area contributed by atoms with E-state index in [2.05, 4.69) is 10.2 Å². The summed E-state index contributed by atoms with van der Waals surface area (Å²) in [4.78, 5) is 24.8. The maximum Gasteiger partial charge on any atom is 0.335 e. The largest absolute Gasteiger partial charge is 0.478 e. The summed E-state index contributed by atoms with van der Waals surface area (Å²) in [7, 11) is 0. The van der Waals surface area contributed by atoms with Crippen molar-refractivity contribution in [2.24, 2.45) is 0 Å². The highest BCUT2D eigenvalue weighted by Crippen LogP contribution is 2.20. The second kappa shape index (κ2) is 6.52. The summed E-state index contributed by atoms with van der Waals surface area (Å²) in [5.74, 6) is -0.879. The van der Waals surface area contributed by atoms with E-state index in [1.807, 2.05) is 13.0 Å². The first kappa shape index (κ1) is 14.5. The highest BCUT2D eigenvalue weighted by atomic mass is 16.4. The van der Waals surface area contributed by atoms with E-state index in [4.69, 9.17) is 5.11 Å². The average Bonchev–Trinajstić information content (AvgIpc) is 2.44. The van der Waals surface area contributed by atoms with E-state index in [9.17, 15) is 9.59 Å². The quantitative estimate of drug-likeness (QED) is 0.849. The van der Waals surface area contributed by atoms with Gasteiger partial charge in [0, 0.05) is 19.6 Å². The van der Waals surface area contributed by atoms with E-state index in [0.29, 0.717) is 25.2 Å². The lowest BCUT2D eigenvalue weighted by atomic mass is 9.97. The molecule has 0 unspecified atom stereocenters. The Morgan fingerprint density at radius 2 is 2.15 bits per heavy atom. The number of hydrogen-bond donors (Lipinski definition) is 2. The van der Waals surface area contributed by atoms with Gasteiger partial charge in [-0.05, 0) is 36.1 Å². The molecular weight excluding hydrogens is 256 g/mol. The van der Waals surface area contributed by atoms with Gasteiger partial charge in [0.25, 0.3) is 0 Å². The standard InChI is InChI=1S/C15H20N2O3/c1-2-6-16-14(18)10-17-7-5-11-3-4-12(15(19)20)8-13(11)9-17/h3-4,8H,2,5-7,9-10H2,1H3,(H,16,18)(H,19,20). The Labute approximate surface area is 118 Å². The molecule has 0 saturated heterocycles. The van der Waals surface area contributed by atoms with Crippen LogP contribution in [0.5, 0.6) is 0 Å². The van der Waals surface area contributed by atoms with Gasteiger partial charge in [0.2, 0.25) is 5.91 Å². The van der Waals surface area contributed by atoms with Crippen LogP contribution in [0.15, 0.2) is 18.2 Å². The number of benzene rings is 1. The maximum absolute atomic E-state index is 11.7. The minimum atomic E-state index is -0.911. The van der Waals surface area contributed by atoms with Crippen LogP contribution in [0.1, 0.15) is 34.8 Å². The zero-order valence-corrected chi connectivity index (χ0v) is 11.7. The van der Waals surface area contributed by atoms with E-state index >= 15 is 0 Å². The van der Waals surface area contributed by atoms with Gasteiger partial charge >= 0.3 is 5.97 Å². The summed E-state index contributed by atoms with van der Waals surface area (Å²) in [6.45, 7) is 4.56. The van der Waals surface area contributed by atoms with Crippen molar-refractivity contribution < 1.29 is 14.7 Å². The van der Waals surface area contributed by atoms with Crippen molar-refractivity contribution in [2.75, 3.05) is 19.6 Å². The van der Waals surface area contributed by atoms with Crippen LogP contribution >= 0.6 is 0 Å². The average molecular weight is 276 g/mol. The maximum atomic E-state index is 11.7. The van der Waals surface area contributed by atoms with Crippen molar-refractivity contribution in [3.8, 4) is 0 Å². The Balaban J connectivity index is 2.00. The van der Waals surface area contributed by atoms with Crippen LogP contribution in [0.25, 0.3) is 0 Å². The van der Waals surface area contributed by atoms with Crippen LogP contribution in [0.2, 0.25) is 0 Å². The Bertz CT molecular complexity index is 514. The lowest BCUT2D eigenvalue weighted by molar-refractivity contribution is -0.122. The molecule has 1 amide bonds. The van der Waals surface area contributed by atoms with Crippen LogP contribution in [-0.2, 0) is 17.8 Å². The fourth-order valence-electron chi connectivity index (χ4n) is 2.41. The summed E-state index contributed by atoms with van der Waals surface area (Å²) in [5.41, 5.74) is 2.50. The zero-order valence-electron chi connectivity index (χ0n) is 11.7. The molecule has 5 nitrogen and oxygen atoms in total. The molecule has 1 aliphatic heterocycles. The van der Waals surface area contributed by atoms with Crippen molar-refractivity contribution in [3.05, 3.63) is 34.9 Å². The molecule has 1 aromatic rings. The minimum Gasteiger partial charge on any atom is -0.478 e. The summed E-state index contributed by atoms with van der Waals surface area (Å²) >= 11 is 0. The smallest absolute Gasteiger partial charge is 0.335 e. The third-order valence-electron chi connectivity index (χ3n) is 3.48. The van der Waals surface area contributed by atoms with E-state index < -0.39 is 5.97 Å². The third-order valence-corrected chi connectivity index (χ3v) is 3.48. The van der Waals surface area contributed by atoms with Crippen molar-refractivity contribution in [2.45, 2.75) is 26.3 Å². The first-order valence-electron chi connectivity index (χ1n) is 6.94. The molecule has 2 rings (SSSR count). The van der Waals surface area contributed by atoms with Gasteiger partial charge in [-0.15, -0.1) is 0 Å². The van der Waals surface area contributed by atoms with Crippen LogP contribution in [-0.4, -0.2) is 41.5 Å². The van der Waals surface area contributed by atoms with E-state index in [-0.39, 0.29) is 5.91 Å². The Kier molecular flexibility index (Phi) is 4.74. The SMILES string of the molecule is CCCNC(=O)CN1CCc2ccc(C(=O)O)cc2C1. The molecule has 20 heavy (non-hydrogen) atoms. The zero-order chi connectivity index (χ0) is 14.5. The molecule has 1 aromatic carbocycles. The number of carbonyl (C=O) groups excluding carboxylic acids is 1. The van der Waals surface area contributed by atoms with Crippen LogP contribution < -0.4 is 5.32 Å². The molecule has 0 bridgehead atoms. The van der Waals surface area contributed by atoms with Crippen LogP contribution in [0, 0.1) is 0 Å². The van der Waals surface area contributed by atoms with Gasteiger partial charge < -0.3 is 10.4 Å². The van der Waals surface area contributed by atoms with Gasteiger partial charge in [-0.2, -0.15) is 0 Å². The second-order valence-electron chi connectivity index (χ2n) is 5.10. The lowest BCUT2D eigenvalue weighted by Gasteiger charge is -2.28. The number of rotatable bonds is 5. The number of nitrogens with zero attached hydrogens (tertiary/aromatic N) is 1. The lowest BCUT2D eigenvalue weighted by Crippen LogP contribution is -2.40. The topological polar surface area (TPSA) is 69.6 Å². The molecule has 0 aliphatic carbocycles. The molecule has 0 aromatic heterocycles. The monoisotopic (exact) mass is 276 g/mol. The Morgan fingerprint density at radius 3 is 2.85 bits per heavy atom. The number of fused-ring (bicyclic) bond motifs is 1. The molecule has 1 aliphatic rings. The second-order valence-corrected chi connectivity index (χ2v) is 5.10. The summed E-state index contributed by atoms with van der Waals surface area (Å²) in [6, 6.07) is 5.24. The highest BCUT2D eigenvalue weighted by Gasteiger charge is 2.19. The fourth-order valence-corrected chi connectivity index (χ4v) is 2.41. The third kappa shape index (κ3) is 3.57. The van der Waals surface area contributed by atoms with Crippen molar-refractivity contribution in [3.63, 3.8) is 0 Å². The van der Waals surface area contributed by atoms with Crippen LogP contribution in [0.4, 0.5) is 0 Å². The molecule has 0 radical (unpaired) electrons. The van der Waals surface area contributed by atoms with Crippen molar-refractivity contribution in [1.82, 2.24) is 10.2 Å². The van der Waals surface area contributed by atoms with E-state index in [0.717, 1.165) is 24.9 Å². The number of aromatic carboxylic acids is 1. The number of carboxylic acids is 1. The number of hydrogen-bond acceptors (Lipinski definition) is 3. The predicted octanol–water partition coefficient (Wildman–Crippen LogP) is 1.27. The normalized spacial score (nSPS) is 14.7. The highest BCUT2D eigenvalue weighted by molar-refractivity contribution is 5.88. The number of amides is 1. The molecular formula is C15H20N2O3. The molecule has 0 atom stereocenters. The van der Waals surface area contributed by atoms with Gasteiger partial charge in [0.15, 0.2) is 0 Å². The van der Waals surface area contributed by atoms with Crippen LogP contribution in [0.3, 0.4) is 0 Å². The summed E-state index contributed by atoms with van der Waals surface area (Å²) in [6.07, 6.45) is 1.78. The number of nitrogens with one attached hydrogen (secondary N) is 1. The summed E-state index contributed by atoms with van der Waals surface area (Å²) in [5, 5.41) is 11.9. The fraction of sp³-hybridized carbons (Fsp3) is 0.467. The number of carboxylic acid groups (broad SMARTS) is 1. The molecule has 0 fully saturated rings. The van der Waals surface area contributed by atoms with Gasteiger partial charge in [0.05, 0.1) is 12.1 Å². The Morgan fingerprint density at radius 1 is 1.35 bits per heavy atom. The first-order chi connectivity index (χ1) is 9.60. The minimum absolute atomic E-state index is 0.0321. The molecule has 1 heterocycles. The molecule has 108 valence electrons. The van der Waals surface area contributed by atoms with Gasteiger partial charge in [0.1, 0.15) is 0 Å². The molecule has 2 N–H and O–H groups in total. The summed E-state index contributed by atoms with van der Waals surface area (Å²) < 4.78 is 0. The predicted molar refractivity (Wildman–Crippen MR) is 75.7 cm³/mol. The molecule has 0 saturated carbocycles. The molecule has 0 spiro atoms. The van der Waals surface area contributed by atoms with Crippen molar-refractivity contribution in [1.29, 1.82) is 0 Å².